The summed E-state index contributed by atoms with van der Waals surface area (Å²) in [5, 5.41) is 3.91. The molecule has 0 N–H and O–H groups in total. The molecule has 5 rings (SSSR count). The first-order chi connectivity index (χ1) is 15.9. The summed E-state index contributed by atoms with van der Waals surface area (Å²) in [6, 6.07) is 20.9. The van der Waals surface area contributed by atoms with Crippen molar-refractivity contribution in [2.45, 2.75) is 0 Å². The van der Waals surface area contributed by atoms with Crippen molar-refractivity contribution in [1.29, 1.82) is 0 Å². The summed E-state index contributed by atoms with van der Waals surface area (Å²) in [5.41, 5.74) is 2.68. The number of imide groups is 1. The van der Waals surface area contributed by atoms with E-state index in [2.05, 4.69) is 0 Å². The van der Waals surface area contributed by atoms with Crippen LogP contribution in [0, 0.1) is 0 Å². The topological polar surface area (TPSA) is 53.0 Å². The highest BCUT2D eigenvalue weighted by molar-refractivity contribution is 6.32. The van der Waals surface area contributed by atoms with E-state index < -0.39 is 0 Å². The van der Waals surface area contributed by atoms with Gasteiger partial charge in [-0.1, -0.05) is 48.0 Å². The van der Waals surface area contributed by atoms with E-state index >= 15 is 0 Å². The van der Waals surface area contributed by atoms with Crippen LogP contribution in [-0.4, -0.2) is 55.0 Å². The molecule has 1 aliphatic rings. The second kappa shape index (κ2) is 8.43. The summed E-state index contributed by atoms with van der Waals surface area (Å²) in [5.74, 6) is -0.522. The number of carbonyl (C=O) groups is 2. The smallest absolute Gasteiger partial charge is 0.262 e. The Kier molecular flexibility index (Phi) is 5.44. The molecule has 164 valence electrons. The van der Waals surface area contributed by atoms with Gasteiger partial charge in [0.05, 0.1) is 11.3 Å². The fourth-order valence-corrected chi connectivity index (χ4v) is 4.41. The number of hydrogen-bond donors (Lipinski definition) is 0. The molecule has 0 atom stereocenters. The van der Waals surface area contributed by atoms with Crippen molar-refractivity contribution in [3.63, 3.8) is 0 Å². The minimum Gasteiger partial charge on any atom is -0.308 e. The number of rotatable bonds is 5. The number of aliphatic imine (C=N–C) groups is 1. The first kappa shape index (κ1) is 21.3. The van der Waals surface area contributed by atoms with Crippen LogP contribution >= 0.6 is 11.6 Å². The largest absolute Gasteiger partial charge is 0.308 e. The quantitative estimate of drug-likeness (QED) is 0.225. The minimum atomic E-state index is -0.273. The van der Waals surface area contributed by atoms with Crippen LogP contribution in [0.5, 0.6) is 0 Å². The Hall–Kier alpha value is -3.54. The molecular weight excluding hydrogens is 434 g/mol. The van der Waals surface area contributed by atoms with Crippen molar-refractivity contribution < 1.29 is 9.59 Å². The second-order valence-corrected chi connectivity index (χ2v) is 8.84. The van der Waals surface area contributed by atoms with E-state index in [-0.39, 0.29) is 11.8 Å². The molecule has 0 aliphatic carbocycles. The molecule has 0 spiro atoms. The number of hydrogen-bond acceptors (Lipinski definition) is 4. The number of fused-ring (bicyclic) bond motifs is 2. The van der Waals surface area contributed by atoms with Crippen LogP contribution in [0.2, 0.25) is 5.02 Å². The predicted octanol–water partition coefficient (Wildman–Crippen LogP) is 5.55. The van der Waals surface area contributed by atoms with E-state index in [9.17, 15) is 9.59 Å². The molecule has 0 saturated carbocycles. The number of halogens is 1. The lowest BCUT2D eigenvalue weighted by Gasteiger charge is -2.29. The van der Waals surface area contributed by atoms with Gasteiger partial charge in [-0.05, 0) is 60.8 Å². The van der Waals surface area contributed by atoms with Gasteiger partial charge in [0.25, 0.3) is 11.8 Å². The molecular formula is C27H22ClN3O2. The van der Waals surface area contributed by atoms with Gasteiger partial charge >= 0.3 is 0 Å². The third-order valence-electron chi connectivity index (χ3n) is 5.91. The summed E-state index contributed by atoms with van der Waals surface area (Å²) in [4.78, 5) is 35.0. The molecule has 6 heteroatoms. The van der Waals surface area contributed by atoms with Gasteiger partial charge < -0.3 is 4.90 Å². The molecule has 4 aromatic rings. The van der Waals surface area contributed by atoms with Crippen LogP contribution in [0.3, 0.4) is 0 Å². The van der Waals surface area contributed by atoms with E-state index in [4.69, 9.17) is 16.6 Å². The lowest BCUT2D eigenvalue weighted by atomic mass is 9.89. The van der Waals surface area contributed by atoms with Crippen molar-refractivity contribution in [1.82, 2.24) is 9.80 Å². The average Bonchev–Trinajstić information content (AvgIpc) is 2.80. The van der Waals surface area contributed by atoms with Crippen LogP contribution in [0.25, 0.3) is 21.5 Å². The van der Waals surface area contributed by atoms with Crippen molar-refractivity contribution in [2.75, 3.05) is 27.2 Å². The monoisotopic (exact) mass is 455 g/mol. The van der Waals surface area contributed by atoms with E-state index in [0.717, 1.165) is 21.7 Å². The Balaban J connectivity index is 1.73. The third kappa shape index (κ3) is 3.80. The first-order valence-corrected chi connectivity index (χ1v) is 11.1. The fraction of sp³-hybridized carbons (Fsp3) is 0.148. The molecule has 0 aromatic heterocycles. The number of carbonyl (C=O) groups excluding carboxylic acids is 2. The Labute approximate surface area is 196 Å². The van der Waals surface area contributed by atoms with Crippen molar-refractivity contribution in [3.05, 3.63) is 88.4 Å². The molecule has 1 heterocycles. The van der Waals surface area contributed by atoms with Gasteiger partial charge in [-0.25, -0.2) is 0 Å². The van der Waals surface area contributed by atoms with E-state index in [0.29, 0.717) is 40.3 Å². The molecule has 0 radical (unpaired) electrons. The summed E-state index contributed by atoms with van der Waals surface area (Å²) in [7, 11) is 3.85. The Morgan fingerprint density at radius 1 is 0.909 bits per heavy atom. The first-order valence-electron chi connectivity index (χ1n) is 10.7. The zero-order valence-electron chi connectivity index (χ0n) is 18.4. The van der Waals surface area contributed by atoms with E-state index in [1.54, 1.807) is 12.3 Å². The van der Waals surface area contributed by atoms with Crippen LogP contribution in [0.1, 0.15) is 26.3 Å². The number of benzene rings is 4. The third-order valence-corrected chi connectivity index (χ3v) is 6.16. The molecule has 0 unspecified atom stereocenters. The summed E-state index contributed by atoms with van der Waals surface area (Å²) in [6.45, 7) is 0.919. The molecule has 4 aromatic carbocycles. The molecule has 0 saturated heterocycles. The summed E-state index contributed by atoms with van der Waals surface area (Å²) in [6.07, 6.45) is 1.76. The highest BCUT2D eigenvalue weighted by Gasteiger charge is 2.34. The van der Waals surface area contributed by atoms with Gasteiger partial charge in [-0.15, -0.1) is 0 Å². The molecule has 5 nitrogen and oxygen atoms in total. The average molecular weight is 456 g/mol. The normalized spacial score (nSPS) is 13.8. The molecule has 33 heavy (non-hydrogen) atoms. The summed E-state index contributed by atoms with van der Waals surface area (Å²) >= 11 is 5.99. The van der Waals surface area contributed by atoms with Crippen LogP contribution in [0.4, 0.5) is 5.69 Å². The predicted molar refractivity (Wildman–Crippen MR) is 134 cm³/mol. The standard InChI is InChI=1S/C27H22ClN3O2/c1-30(2)13-14-31-26(32)21-7-3-5-18-15-19-6-4-8-22(24(19)25(23(18)21)27(31)33)29-16-17-9-11-20(28)12-10-17/h3-12,15-16H,13-14H2,1-2H3. The lowest BCUT2D eigenvalue weighted by Crippen LogP contribution is -2.43. The maximum absolute atomic E-state index is 13.7. The highest BCUT2D eigenvalue weighted by Crippen LogP contribution is 2.39. The Morgan fingerprint density at radius 3 is 2.33 bits per heavy atom. The van der Waals surface area contributed by atoms with Gasteiger partial charge in [-0.3, -0.25) is 19.5 Å². The second-order valence-electron chi connectivity index (χ2n) is 8.41. The zero-order chi connectivity index (χ0) is 23.1. The summed E-state index contributed by atoms with van der Waals surface area (Å²) < 4.78 is 0. The number of amides is 2. The number of likely N-dealkylation sites (N-methyl/N-ethyl adjacent to an activating group) is 1. The van der Waals surface area contributed by atoms with E-state index in [1.807, 2.05) is 79.7 Å². The zero-order valence-corrected chi connectivity index (χ0v) is 19.1. The maximum Gasteiger partial charge on any atom is 0.262 e. The van der Waals surface area contributed by atoms with E-state index in [1.165, 1.54) is 4.90 Å². The van der Waals surface area contributed by atoms with Gasteiger partial charge in [0, 0.05) is 40.7 Å². The van der Waals surface area contributed by atoms with Crippen molar-refractivity contribution in [2.24, 2.45) is 4.99 Å². The Morgan fingerprint density at radius 2 is 1.61 bits per heavy atom. The van der Waals surface area contributed by atoms with Gasteiger partial charge in [-0.2, -0.15) is 0 Å². The van der Waals surface area contributed by atoms with Crippen LogP contribution in [-0.2, 0) is 0 Å². The van der Waals surface area contributed by atoms with Crippen LogP contribution < -0.4 is 0 Å². The maximum atomic E-state index is 13.7. The molecule has 0 fully saturated rings. The van der Waals surface area contributed by atoms with Gasteiger partial charge in [0.2, 0.25) is 0 Å². The van der Waals surface area contributed by atoms with Crippen molar-refractivity contribution in [3.8, 4) is 0 Å². The SMILES string of the molecule is CN(C)CCN1C(=O)c2cccc3cc4cccc(N=Cc5ccc(Cl)cc5)c4c(c23)C1=O. The fourth-order valence-electron chi connectivity index (χ4n) is 4.28. The minimum absolute atomic E-state index is 0.249. The highest BCUT2D eigenvalue weighted by atomic mass is 35.5. The molecule has 2 amide bonds. The molecule has 1 aliphatic heterocycles. The molecule has 0 bridgehead atoms. The lowest BCUT2D eigenvalue weighted by molar-refractivity contribution is 0.0602. The van der Waals surface area contributed by atoms with Gasteiger partial charge in [0.15, 0.2) is 0 Å². The van der Waals surface area contributed by atoms with Crippen molar-refractivity contribution >= 4 is 56.9 Å². The van der Waals surface area contributed by atoms with Crippen LogP contribution in [0.15, 0.2) is 71.7 Å². The Bertz CT molecular complexity index is 1440. The number of nitrogens with zero attached hydrogens (tertiary/aromatic N) is 3. The van der Waals surface area contributed by atoms with Gasteiger partial charge in [0.1, 0.15) is 0 Å².